The molecule has 0 saturated heterocycles. The van der Waals surface area contributed by atoms with E-state index >= 15 is 0 Å². The summed E-state index contributed by atoms with van der Waals surface area (Å²) in [5, 5.41) is 5.06. The molecule has 0 heterocycles. The molecular formula is C50H35N. The molecule has 1 nitrogen and oxygen atoms in total. The van der Waals surface area contributed by atoms with Gasteiger partial charge in [0.2, 0.25) is 0 Å². The van der Waals surface area contributed by atoms with Gasteiger partial charge in [-0.05, 0) is 102 Å². The Hall–Kier alpha value is -6.70. The molecule has 0 unspecified atom stereocenters. The van der Waals surface area contributed by atoms with Gasteiger partial charge in [0.15, 0.2) is 0 Å². The third kappa shape index (κ3) is 5.86. The van der Waals surface area contributed by atoms with E-state index in [1.807, 2.05) is 0 Å². The highest BCUT2D eigenvalue weighted by Gasteiger charge is 2.14. The van der Waals surface area contributed by atoms with Crippen LogP contribution in [0.2, 0.25) is 0 Å². The largest absolute Gasteiger partial charge is 0.311 e. The summed E-state index contributed by atoms with van der Waals surface area (Å²) in [4.78, 5) is 2.32. The average Bonchev–Trinajstić information content (AvgIpc) is 3.22. The van der Waals surface area contributed by atoms with Crippen molar-refractivity contribution < 1.29 is 0 Å². The lowest BCUT2D eigenvalue weighted by Gasteiger charge is -2.26. The molecule has 0 aliphatic heterocycles. The summed E-state index contributed by atoms with van der Waals surface area (Å²) < 4.78 is 0. The number of benzene rings is 9. The van der Waals surface area contributed by atoms with E-state index in [-0.39, 0.29) is 0 Å². The minimum absolute atomic E-state index is 1.11. The van der Waals surface area contributed by atoms with Crippen LogP contribution in [0.25, 0.3) is 66.1 Å². The van der Waals surface area contributed by atoms with Gasteiger partial charge < -0.3 is 4.90 Å². The van der Waals surface area contributed by atoms with Crippen molar-refractivity contribution in [2.75, 3.05) is 4.90 Å². The van der Waals surface area contributed by atoms with Gasteiger partial charge in [-0.3, -0.25) is 0 Å². The third-order valence-electron chi connectivity index (χ3n) is 9.88. The van der Waals surface area contributed by atoms with Crippen molar-refractivity contribution in [3.8, 4) is 44.5 Å². The Labute approximate surface area is 299 Å². The molecule has 0 saturated carbocycles. The summed E-state index contributed by atoms with van der Waals surface area (Å²) in [6.07, 6.45) is 0. The zero-order chi connectivity index (χ0) is 34.0. The summed E-state index contributed by atoms with van der Waals surface area (Å²) in [6, 6.07) is 76.5. The molecule has 0 amide bonds. The number of anilines is 3. The first kappa shape index (κ1) is 30.4. The van der Waals surface area contributed by atoms with Crippen molar-refractivity contribution in [3.05, 3.63) is 212 Å². The molecule has 0 N–H and O–H groups in total. The molecule has 0 fully saturated rings. The Bertz CT molecular complexity index is 2580. The molecule has 0 aliphatic carbocycles. The number of para-hydroxylation sites is 1. The molecule has 0 bridgehead atoms. The maximum Gasteiger partial charge on any atom is 0.0462 e. The maximum atomic E-state index is 2.32. The Morgan fingerprint density at radius 3 is 1.25 bits per heavy atom. The van der Waals surface area contributed by atoms with E-state index < -0.39 is 0 Å². The number of hydrogen-bond donors (Lipinski definition) is 0. The van der Waals surface area contributed by atoms with Crippen LogP contribution in [0.5, 0.6) is 0 Å². The maximum absolute atomic E-state index is 2.32. The second-order valence-corrected chi connectivity index (χ2v) is 12.9. The third-order valence-corrected chi connectivity index (χ3v) is 9.88. The van der Waals surface area contributed by atoms with Crippen LogP contribution >= 0.6 is 0 Å². The van der Waals surface area contributed by atoms with Crippen LogP contribution in [0.1, 0.15) is 0 Å². The smallest absolute Gasteiger partial charge is 0.0462 e. The standard InChI is InChI=1S/C50H35N/c1-3-12-39(13-4-1)48-22-10-16-42-17-11-23-49(50(42)48)41-26-24-36(25-27-41)37-28-32-44(33-29-37)51(43-18-5-2-6-19-43)45-34-30-40(31-35-45)47-21-9-15-38-14-7-8-20-46(38)47/h1-35H. The number of rotatable bonds is 7. The Kier molecular flexibility index (Phi) is 7.92. The van der Waals surface area contributed by atoms with Crippen LogP contribution in [-0.4, -0.2) is 0 Å². The van der Waals surface area contributed by atoms with Crippen molar-refractivity contribution in [3.63, 3.8) is 0 Å². The minimum Gasteiger partial charge on any atom is -0.311 e. The topological polar surface area (TPSA) is 3.24 Å². The molecule has 0 aliphatic rings. The van der Waals surface area contributed by atoms with Crippen LogP contribution in [0.4, 0.5) is 17.1 Å². The molecule has 9 aromatic carbocycles. The monoisotopic (exact) mass is 649 g/mol. The number of nitrogens with zero attached hydrogens (tertiary/aromatic N) is 1. The highest BCUT2D eigenvalue weighted by atomic mass is 15.1. The van der Waals surface area contributed by atoms with E-state index in [2.05, 4.69) is 217 Å². The molecule has 0 radical (unpaired) electrons. The molecule has 240 valence electrons. The predicted molar refractivity (Wildman–Crippen MR) is 218 cm³/mol. The number of fused-ring (bicyclic) bond motifs is 2. The first-order chi connectivity index (χ1) is 25.3. The van der Waals surface area contributed by atoms with E-state index in [0.717, 1.165) is 17.1 Å². The molecule has 9 rings (SSSR count). The van der Waals surface area contributed by atoms with Crippen molar-refractivity contribution in [1.82, 2.24) is 0 Å². The quantitative estimate of drug-likeness (QED) is 0.166. The SMILES string of the molecule is c1ccc(-c2cccc3cccc(-c4ccc(-c5ccc(N(c6ccccc6)c6ccc(-c7cccc8ccccc78)cc6)cc5)cc4)c23)cc1. The second kappa shape index (κ2) is 13.3. The van der Waals surface area contributed by atoms with Crippen LogP contribution in [-0.2, 0) is 0 Å². The lowest BCUT2D eigenvalue weighted by Crippen LogP contribution is -2.09. The highest BCUT2D eigenvalue weighted by Crippen LogP contribution is 2.39. The zero-order valence-corrected chi connectivity index (χ0v) is 28.2. The summed E-state index contributed by atoms with van der Waals surface area (Å²) in [6.45, 7) is 0. The van der Waals surface area contributed by atoms with Gasteiger partial charge in [0, 0.05) is 17.1 Å². The van der Waals surface area contributed by atoms with Gasteiger partial charge in [0.05, 0.1) is 0 Å². The normalized spacial score (nSPS) is 11.1. The van der Waals surface area contributed by atoms with Crippen LogP contribution in [0, 0.1) is 0 Å². The van der Waals surface area contributed by atoms with Crippen LogP contribution in [0.3, 0.4) is 0 Å². The van der Waals surface area contributed by atoms with Crippen LogP contribution < -0.4 is 4.90 Å². The van der Waals surface area contributed by atoms with Crippen molar-refractivity contribution in [2.24, 2.45) is 0 Å². The predicted octanol–water partition coefficient (Wildman–Crippen LogP) is 14.1. The molecule has 0 spiro atoms. The molecule has 51 heavy (non-hydrogen) atoms. The lowest BCUT2D eigenvalue weighted by atomic mass is 9.91. The van der Waals surface area contributed by atoms with E-state index in [9.17, 15) is 0 Å². The minimum atomic E-state index is 1.11. The second-order valence-electron chi connectivity index (χ2n) is 12.9. The zero-order valence-electron chi connectivity index (χ0n) is 28.2. The molecule has 0 atom stereocenters. The summed E-state index contributed by atoms with van der Waals surface area (Å²) in [5.41, 5.74) is 13.2. The summed E-state index contributed by atoms with van der Waals surface area (Å²) in [7, 11) is 0. The first-order valence-corrected chi connectivity index (χ1v) is 17.5. The fraction of sp³-hybridized carbons (Fsp3) is 0. The van der Waals surface area contributed by atoms with Gasteiger partial charge >= 0.3 is 0 Å². The van der Waals surface area contributed by atoms with Crippen molar-refractivity contribution in [2.45, 2.75) is 0 Å². The van der Waals surface area contributed by atoms with Crippen LogP contribution in [0.15, 0.2) is 212 Å². The van der Waals surface area contributed by atoms with Gasteiger partial charge in [-0.15, -0.1) is 0 Å². The van der Waals surface area contributed by atoms with Gasteiger partial charge in [0.25, 0.3) is 0 Å². The fourth-order valence-electron chi connectivity index (χ4n) is 7.38. The fourth-order valence-corrected chi connectivity index (χ4v) is 7.38. The van der Waals surface area contributed by atoms with Gasteiger partial charge in [-0.2, -0.15) is 0 Å². The van der Waals surface area contributed by atoms with E-state index in [1.54, 1.807) is 0 Å². The van der Waals surface area contributed by atoms with Gasteiger partial charge in [0.1, 0.15) is 0 Å². The summed E-state index contributed by atoms with van der Waals surface area (Å²) >= 11 is 0. The van der Waals surface area contributed by atoms with E-state index in [1.165, 1.54) is 66.1 Å². The van der Waals surface area contributed by atoms with Gasteiger partial charge in [-0.1, -0.05) is 176 Å². The Balaban J connectivity index is 1.03. The number of hydrogen-bond acceptors (Lipinski definition) is 1. The highest BCUT2D eigenvalue weighted by molar-refractivity contribution is 6.06. The average molecular weight is 650 g/mol. The van der Waals surface area contributed by atoms with Crippen molar-refractivity contribution >= 4 is 38.6 Å². The molecule has 9 aromatic rings. The van der Waals surface area contributed by atoms with Gasteiger partial charge in [-0.25, -0.2) is 0 Å². The molecule has 1 heteroatoms. The first-order valence-electron chi connectivity index (χ1n) is 17.5. The summed E-state index contributed by atoms with van der Waals surface area (Å²) in [5.74, 6) is 0. The Morgan fingerprint density at radius 2 is 0.627 bits per heavy atom. The Morgan fingerprint density at radius 1 is 0.235 bits per heavy atom. The lowest BCUT2D eigenvalue weighted by molar-refractivity contribution is 1.28. The van der Waals surface area contributed by atoms with E-state index in [4.69, 9.17) is 0 Å². The van der Waals surface area contributed by atoms with E-state index in [0.29, 0.717) is 0 Å². The van der Waals surface area contributed by atoms with Crippen molar-refractivity contribution in [1.29, 1.82) is 0 Å². The molecular weight excluding hydrogens is 615 g/mol. The molecule has 0 aromatic heterocycles.